The Balaban J connectivity index is 1.90. The summed E-state index contributed by atoms with van der Waals surface area (Å²) in [6.45, 7) is 0.937. The number of hydrogen-bond acceptors (Lipinski definition) is 3. The van der Waals surface area contributed by atoms with Crippen LogP contribution < -0.4 is 0 Å². The quantitative estimate of drug-likeness (QED) is 0.708. The maximum Gasteiger partial charge on any atom is 0.223 e. The van der Waals surface area contributed by atoms with Gasteiger partial charge >= 0.3 is 0 Å². The topological polar surface area (TPSA) is 40.5 Å². The van der Waals surface area contributed by atoms with E-state index in [1.807, 2.05) is 4.90 Å². The summed E-state index contributed by atoms with van der Waals surface area (Å²) in [6.07, 6.45) is 4.90. The fourth-order valence-electron chi connectivity index (χ4n) is 2.34. The molecule has 15 heavy (non-hydrogen) atoms. The number of aliphatic hydroxyl groups is 1. The minimum Gasteiger partial charge on any atom is -0.394 e. The van der Waals surface area contributed by atoms with E-state index >= 15 is 0 Å². The number of thiol groups is 1. The van der Waals surface area contributed by atoms with E-state index in [0.29, 0.717) is 6.42 Å². The third-order valence-electron chi connectivity index (χ3n) is 3.73. The molecular formula is C11H19NO2S. The van der Waals surface area contributed by atoms with Crippen LogP contribution in [0.25, 0.3) is 0 Å². The zero-order valence-corrected chi connectivity index (χ0v) is 9.88. The molecule has 0 aromatic heterocycles. The average molecular weight is 229 g/mol. The Kier molecular flexibility index (Phi) is 3.26. The summed E-state index contributed by atoms with van der Waals surface area (Å²) < 4.78 is 0. The van der Waals surface area contributed by atoms with E-state index in [9.17, 15) is 4.79 Å². The Morgan fingerprint density at radius 3 is 2.80 bits per heavy atom. The monoisotopic (exact) mass is 229 g/mol. The molecule has 0 radical (unpaired) electrons. The summed E-state index contributed by atoms with van der Waals surface area (Å²) in [7, 11) is 0. The Morgan fingerprint density at radius 1 is 1.53 bits per heavy atom. The maximum atomic E-state index is 12.0. The van der Waals surface area contributed by atoms with E-state index in [4.69, 9.17) is 5.11 Å². The molecule has 2 rings (SSSR count). The summed E-state index contributed by atoms with van der Waals surface area (Å²) >= 11 is 4.31. The predicted molar refractivity (Wildman–Crippen MR) is 62.0 cm³/mol. The summed E-state index contributed by atoms with van der Waals surface area (Å²) in [5.41, 5.74) is 0.197. The Labute approximate surface area is 96.2 Å². The highest BCUT2D eigenvalue weighted by atomic mass is 32.1. The van der Waals surface area contributed by atoms with Crippen LogP contribution >= 0.6 is 12.6 Å². The summed E-state index contributed by atoms with van der Waals surface area (Å²) in [4.78, 5) is 13.9. The van der Waals surface area contributed by atoms with Crippen LogP contribution in [0.2, 0.25) is 0 Å². The first-order valence-corrected chi connectivity index (χ1v) is 6.35. The van der Waals surface area contributed by atoms with Crippen LogP contribution in [0.3, 0.4) is 0 Å². The van der Waals surface area contributed by atoms with Crippen LogP contribution in [0, 0.1) is 5.41 Å². The van der Waals surface area contributed by atoms with Crippen LogP contribution in [0.5, 0.6) is 0 Å². The van der Waals surface area contributed by atoms with Crippen molar-refractivity contribution >= 4 is 18.5 Å². The lowest BCUT2D eigenvalue weighted by Crippen LogP contribution is -2.38. The lowest BCUT2D eigenvalue weighted by molar-refractivity contribution is -0.133. The molecule has 86 valence electrons. The van der Waals surface area contributed by atoms with Gasteiger partial charge in [-0.25, -0.2) is 0 Å². The second-order valence-corrected chi connectivity index (χ2v) is 5.22. The van der Waals surface area contributed by atoms with Gasteiger partial charge in [0.1, 0.15) is 0 Å². The van der Waals surface area contributed by atoms with E-state index in [1.54, 1.807) is 0 Å². The van der Waals surface area contributed by atoms with Crippen LogP contribution in [-0.4, -0.2) is 40.9 Å². The van der Waals surface area contributed by atoms with Crippen LogP contribution in [0.1, 0.15) is 32.1 Å². The molecule has 1 saturated carbocycles. The van der Waals surface area contributed by atoms with Gasteiger partial charge in [0.25, 0.3) is 0 Å². The van der Waals surface area contributed by atoms with Gasteiger partial charge < -0.3 is 10.0 Å². The zero-order valence-electron chi connectivity index (χ0n) is 8.98. The van der Waals surface area contributed by atoms with Gasteiger partial charge in [-0.2, -0.15) is 12.6 Å². The molecule has 1 N–H and O–H groups in total. The summed E-state index contributed by atoms with van der Waals surface area (Å²) in [5, 5.41) is 9.15. The highest BCUT2D eigenvalue weighted by molar-refractivity contribution is 7.80. The van der Waals surface area contributed by atoms with E-state index in [-0.39, 0.29) is 24.0 Å². The lowest BCUT2D eigenvalue weighted by Gasteiger charge is -2.25. The molecule has 1 amide bonds. The van der Waals surface area contributed by atoms with Gasteiger partial charge in [0, 0.05) is 13.0 Å². The first-order valence-electron chi connectivity index (χ1n) is 5.72. The minimum atomic E-state index is 0.0771. The molecule has 3 nitrogen and oxygen atoms in total. The standard InChI is InChI=1S/C11H19NO2S/c13-7-9-2-1-5-12(9)10(14)6-11(8-15)3-4-11/h9,13,15H,1-8H2. The second kappa shape index (κ2) is 4.34. The van der Waals surface area contributed by atoms with Crippen molar-refractivity contribution in [3.05, 3.63) is 0 Å². The molecule has 1 unspecified atom stereocenters. The smallest absolute Gasteiger partial charge is 0.223 e. The second-order valence-electron chi connectivity index (χ2n) is 4.90. The average Bonchev–Trinajstić information content (AvgIpc) is 2.85. The Bertz CT molecular complexity index is 253. The molecule has 1 aliphatic heterocycles. The molecule has 1 atom stereocenters. The number of hydrogen-bond donors (Lipinski definition) is 2. The number of nitrogens with zero attached hydrogens (tertiary/aromatic N) is 1. The van der Waals surface area contributed by atoms with Crippen LogP contribution in [-0.2, 0) is 4.79 Å². The normalized spacial score (nSPS) is 28.1. The van der Waals surface area contributed by atoms with E-state index < -0.39 is 0 Å². The molecule has 1 saturated heterocycles. The molecule has 0 spiro atoms. The SMILES string of the molecule is O=C(CC1(CS)CC1)N1CCCC1CO. The molecule has 1 aliphatic carbocycles. The van der Waals surface area contributed by atoms with Crippen molar-refractivity contribution < 1.29 is 9.90 Å². The molecule has 4 heteroatoms. The number of likely N-dealkylation sites (tertiary alicyclic amines) is 1. The number of carbonyl (C=O) groups is 1. The molecule has 2 fully saturated rings. The van der Waals surface area contributed by atoms with Gasteiger partial charge in [0.05, 0.1) is 12.6 Å². The Hall–Kier alpha value is -0.220. The lowest BCUT2D eigenvalue weighted by atomic mass is 10.0. The highest BCUT2D eigenvalue weighted by Crippen LogP contribution is 2.50. The fourth-order valence-corrected chi connectivity index (χ4v) is 2.77. The molecule has 0 bridgehead atoms. The first kappa shape index (κ1) is 11.3. The zero-order chi connectivity index (χ0) is 10.9. The molecule has 0 aromatic rings. The summed E-state index contributed by atoms with van der Waals surface area (Å²) in [5.74, 6) is 1.04. The van der Waals surface area contributed by atoms with E-state index in [1.165, 1.54) is 0 Å². The maximum absolute atomic E-state index is 12.0. The van der Waals surface area contributed by atoms with Gasteiger partial charge in [-0.3, -0.25) is 4.79 Å². The van der Waals surface area contributed by atoms with Crippen molar-refractivity contribution in [3.8, 4) is 0 Å². The van der Waals surface area contributed by atoms with E-state index in [2.05, 4.69) is 12.6 Å². The number of aliphatic hydroxyl groups excluding tert-OH is 1. The largest absolute Gasteiger partial charge is 0.394 e. The highest BCUT2D eigenvalue weighted by Gasteiger charge is 2.44. The number of amides is 1. The van der Waals surface area contributed by atoms with Crippen LogP contribution in [0.15, 0.2) is 0 Å². The van der Waals surface area contributed by atoms with E-state index in [0.717, 1.165) is 38.0 Å². The van der Waals surface area contributed by atoms with Gasteiger partial charge in [-0.15, -0.1) is 0 Å². The fraction of sp³-hybridized carbons (Fsp3) is 0.909. The van der Waals surface area contributed by atoms with Gasteiger partial charge in [-0.1, -0.05) is 0 Å². The minimum absolute atomic E-state index is 0.0771. The van der Waals surface area contributed by atoms with Crippen molar-refractivity contribution in [2.24, 2.45) is 5.41 Å². The summed E-state index contributed by atoms with van der Waals surface area (Å²) in [6, 6.07) is 0.0771. The Morgan fingerprint density at radius 2 is 2.27 bits per heavy atom. The molecular weight excluding hydrogens is 210 g/mol. The molecule has 2 aliphatic rings. The van der Waals surface area contributed by atoms with Crippen molar-refractivity contribution in [2.45, 2.75) is 38.1 Å². The van der Waals surface area contributed by atoms with Crippen molar-refractivity contribution in [1.82, 2.24) is 4.90 Å². The van der Waals surface area contributed by atoms with Crippen molar-refractivity contribution in [1.29, 1.82) is 0 Å². The van der Waals surface area contributed by atoms with Crippen molar-refractivity contribution in [3.63, 3.8) is 0 Å². The molecule has 0 aromatic carbocycles. The molecule has 1 heterocycles. The third-order valence-corrected chi connectivity index (χ3v) is 4.40. The number of rotatable bonds is 4. The van der Waals surface area contributed by atoms with Crippen molar-refractivity contribution in [2.75, 3.05) is 18.9 Å². The van der Waals surface area contributed by atoms with Crippen LogP contribution in [0.4, 0.5) is 0 Å². The third kappa shape index (κ3) is 2.31. The van der Waals surface area contributed by atoms with Gasteiger partial charge in [0.15, 0.2) is 0 Å². The first-order chi connectivity index (χ1) is 7.21. The number of carbonyl (C=O) groups excluding carboxylic acids is 1. The van der Waals surface area contributed by atoms with Gasteiger partial charge in [-0.05, 0) is 36.9 Å². The van der Waals surface area contributed by atoms with Gasteiger partial charge in [0.2, 0.25) is 5.91 Å². The predicted octanol–water partition coefficient (Wildman–Crippen LogP) is 1.07.